The van der Waals surface area contributed by atoms with E-state index in [1.165, 1.54) is 0 Å². The lowest BCUT2D eigenvalue weighted by atomic mass is 10.1. The molecule has 2 aromatic rings. The van der Waals surface area contributed by atoms with Crippen molar-refractivity contribution in [1.29, 1.82) is 0 Å². The molecule has 0 aliphatic rings. The summed E-state index contributed by atoms with van der Waals surface area (Å²) in [6, 6.07) is 7.95. The number of anilines is 1. The van der Waals surface area contributed by atoms with Gasteiger partial charge in [-0.15, -0.1) is 0 Å². The van der Waals surface area contributed by atoms with E-state index in [0.29, 0.717) is 11.8 Å². The molecule has 0 heterocycles. The molecule has 1 atom stereocenters. The minimum Gasteiger partial charge on any atom is -0.386 e. The van der Waals surface area contributed by atoms with Crippen LogP contribution < -0.4 is 10.6 Å². The molecule has 2 amide bonds. The van der Waals surface area contributed by atoms with Gasteiger partial charge in [0, 0.05) is 23.9 Å². The maximum absolute atomic E-state index is 13.5. The van der Waals surface area contributed by atoms with E-state index >= 15 is 0 Å². The highest BCUT2D eigenvalue weighted by Crippen LogP contribution is 2.18. The van der Waals surface area contributed by atoms with Gasteiger partial charge < -0.3 is 15.7 Å². The van der Waals surface area contributed by atoms with E-state index in [9.17, 15) is 18.7 Å². The summed E-state index contributed by atoms with van der Waals surface area (Å²) in [5.41, 5.74) is 2.56. The van der Waals surface area contributed by atoms with Crippen LogP contribution in [0.1, 0.15) is 22.8 Å². The molecule has 2 aromatic carbocycles. The quantitative estimate of drug-likeness (QED) is 0.808. The lowest BCUT2D eigenvalue weighted by Gasteiger charge is -2.14. The number of amides is 2. The summed E-state index contributed by atoms with van der Waals surface area (Å²) < 4.78 is 26.4. The van der Waals surface area contributed by atoms with Gasteiger partial charge in [0.05, 0.1) is 6.10 Å². The van der Waals surface area contributed by atoms with Crippen molar-refractivity contribution < 1.29 is 18.7 Å². The van der Waals surface area contributed by atoms with Crippen LogP contribution in [0.5, 0.6) is 0 Å². The number of carbonyl (C=O) groups is 1. The second kappa shape index (κ2) is 7.19. The second-order valence-corrected chi connectivity index (χ2v) is 5.34. The topological polar surface area (TPSA) is 61.4 Å². The van der Waals surface area contributed by atoms with Crippen LogP contribution >= 0.6 is 0 Å². The number of aliphatic hydroxyl groups is 1. The third-order valence-electron chi connectivity index (χ3n) is 3.41. The van der Waals surface area contributed by atoms with Gasteiger partial charge in [0.15, 0.2) is 0 Å². The van der Waals surface area contributed by atoms with Crippen LogP contribution in [0.25, 0.3) is 0 Å². The number of benzene rings is 2. The van der Waals surface area contributed by atoms with Crippen LogP contribution in [-0.2, 0) is 0 Å². The lowest BCUT2D eigenvalue weighted by molar-refractivity contribution is 0.170. The van der Waals surface area contributed by atoms with Crippen LogP contribution in [0.4, 0.5) is 19.3 Å². The maximum atomic E-state index is 13.5. The Morgan fingerprint density at radius 3 is 2.57 bits per heavy atom. The summed E-state index contributed by atoms with van der Waals surface area (Å²) in [4.78, 5) is 11.8. The van der Waals surface area contributed by atoms with Crippen LogP contribution in [0.15, 0.2) is 36.4 Å². The molecule has 3 N–H and O–H groups in total. The monoisotopic (exact) mass is 320 g/mol. The first-order chi connectivity index (χ1) is 10.9. The van der Waals surface area contributed by atoms with Crippen LogP contribution in [0.2, 0.25) is 0 Å². The third kappa shape index (κ3) is 4.50. The summed E-state index contributed by atoms with van der Waals surface area (Å²) in [6.07, 6.45) is -1.26. The first kappa shape index (κ1) is 16.9. The van der Waals surface area contributed by atoms with Gasteiger partial charge in [0.2, 0.25) is 0 Å². The molecule has 0 saturated heterocycles. The van der Waals surface area contributed by atoms with Crippen molar-refractivity contribution in [1.82, 2.24) is 5.32 Å². The molecule has 6 heteroatoms. The highest BCUT2D eigenvalue weighted by atomic mass is 19.1. The number of halogens is 2. The van der Waals surface area contributed by atoms with E-state index in [0.717, 1.165) is 23.3 Å². The normalized spacial score (nSPS) is 11.9. The molecule has 0 aromatic heterocycles. The number of hydrogen-bond acceptors (Lipinski definition) is 2. The second-order valence-electron chi connectivity index (χ2n) is 5.34. The van der Waals surface area contributed by atoms with Crippen LogP contribution in [-0.4, -0.2) is 17.7 Å². The molecule has 0 radical (unpaired) electrons. The van der Waals surface area contributed by atoms with Crippen molar-refractivity contribution in [2.75, 3.05) is 11.9 Å². The number of aliphatic hydroxyl groups excluding tert-OH is 1. The Kier molecular flexibility index (Phi) is 5.28. The molecule has 0 fully saturated rings. The zero-order chi connectivity index (χ0) is 17.0. The number of rotatable bonds is 4. The summed E-state index contributed by atoms with van der Waals surface area (Å²) >= 11 is 0. The van der Waals surface area contributed by atoms with Crippen molar-refractivity contribution >= 4 is 11.7 Å². The van der Waals surface area contributed by atoms with Gasteiger partial charge in [-0.25, -0.2) is 13.6 Å². The molecule has 2 rings (SSSR count). The average molecular weight is 320 g/mol. The van der Waals surface area contributed by atoms with E-state index in [-0.39, 0.29) is 12.1 Å². The fourth-order valence-electron chi connectivity index (χ4n) is 2.19. The fraction of sp³-hybridized carbons (Fsp3) is 0.235. The zero-order valence-electron chi connectivity index (χ0n) is 12.9. The molecule has 0 spiro atoms. The smallest absolute Gasteiger partial charge is 0.319 e. The summed E-state index contributed by atoms with van der Waals surface area (Å²) in [5, 5.41) is 15.0. The number of aryl methyl sites for hydroxylation is 2. The molecule has 0 aliphatic heterocycles. The Morgan fingerprint density at radius 2 is 1.91 bits per heavy atom. The van der Waals surface area contributed by atoms with Gasteiger partial charge in [-0.2, -0.15) is 0 Å². The van der Waals surface area contributed by atoms with Gasteiger partial charge >= 0.3 is 6.03 Å². The largest absolute Gasteiger partial charge is 0.386 e. The van der Waals surface area contributed by atoms with Crippen molar-refractivity contribution in [2.45, 2.75) is 20.0 Å². The zero-order valence-corrected chi connectivity index (χ0v) is 12.9. The Morgan fingerprint density at radius 1 is 1.17 bits per heavy atom. The minimum absolute atomic E-state index is 0.0711. The molecule has 122 valence electrons. The molecule has 0 bridgehead atoms. The van der Waals surface area contributed by atoms with Crippen molar-refractivity contribution in [2.24, 2.45) is 0 Å². The van der Waals surface area contributed by atoms with E-state index in [4.69, 9.17) is 0 Å². The van der Waals surface area contributed by atoms with Crippen LogP contribution in [0.3, 0.4) is 0 Å². The van der Waals surface area contributed by atoms with Crippen molar-refractivity contribution in [3.8, 4) is 0 Å². The fourth-order valence-corrected chi connectivity index (χ4v) is 2.19. The Bertz CT molecular complexity index is 720. The number of urea groups is 1. The van der Waals surface area contributed by atoms with Gasteiger partial charge in [-0.3, -0.25) is 0 Å². The van der Waals surface area contributed by atoms with Gasteiger partial charge in [-0.1, -0.05) is 23.8 Å². The van der Waals surface area contributed by atoms with Gasteiger partial charge in [-0.05, 0) is 31.5 Å². The van der Waals surface area contributed by atoms with Crippen LogP contribution in [0, 0.1) is 25.5 Å². The van der Waals surface area contributed by atoms with Crippen molar-refractivity contribution in [3.05, 3.63) is 64.7 Å². The number of hydrogen-bond donors (Lipinski definition) is 3. The molecule has 0 unspecified atom stereocenters. The van der Waals surface area contributed by atoms with E-state index in [1.54, 1.807) is 6.07 Å². The standard InChI is InChI=1S/C17H18F2N2O2/c1-10-3-6-15(11(2)7-10)21-17(23)20-9-16(22)13-5-4-12(18)8-14(13)19/h3-8,16,22H,9H2,1-2H3,(H2,20,21,23)/t16-/m0/s1. The van der Waals surface area contributed by atoms with Gasteiger partial charge in [0.1, 0.15) is 11.6 Å². The molecular weight excluding hydrogens is 302 g/mol. The Hall–Kier alpha value is -2.47. The average Bonchev–Trinajstić information content (AvgIpc) is 2.48. The molecule has 0 aliphatic carbocycles. The Labute approximate surface area is 133 Å². The minimum atomic E-state index is -1.26. The highest BCUT2D eigenvalue weighted by molar-refractivity contribution is 5.90. The number of carbonyl (C=O) groups excluding carboxylic acids is 1. The summed E-state index contributed by atoms with van der Waals surface area (Å²) in [7, 11) is 0. The molecule has 23 heavy (non-hydrogen) atoms. The van der Waals surface area contributed by atoms with Crippen molar-refractivity contribution in [3.63, 3.8) is 0 Å². The first-order valence-electron chi connectivity index (χ1n) is 7.12. The highest BCUT2D eigenvalue weighted by Gasteiger charge is 2.15. The predicted molar refractivity (Wildman–Crippen MR) is 84.3 cm³/mol. The Balaban J connectivity index is 1.93. The predicted octanol–water partition coefficient (Wildman–Crippen LogP) is 3.44. The van der Waals surface area contributed by atoms with E-state index in [2.05, 4.69) is 10.6 Å². The maximum Gasteiger partial charge on any atom is 0.319 e. The van der Waals surface area contributed by atoms with Gasteiger partial charge in [0.25, 0.3) is 0 Å². The van der Waals surface area contributed by atoms with E-state index < -0.39 is 23.8 Å². The third-order valence-corrected chi connectivity index (χ3v) is 3.41. The summed E-state index contributed by atoms with van der Waals surface area (Å²) in [5.74, 6) is -1.58. The molecular formula is C17H18F2N2O2. The first-order valence-corrected chi connectivity index (χ1v) is 7.12. The summed E-state index contributed by atoms with van der Waals surface area (Å²) in [6.45, 7) is 3.62. The molecule has 0 saturated carbocycles. The van der Waals surface area contributed by atoms with E-state index in [1.807, 2.05) is 26.0 Å². The SMILES string of the molecule is Cc1ccc(NC(=O)NC[C@H](O)c2ccc(F)cc2F)c(C)c1. The number of nitrogens with one attached hydrogen (secondary N) is 2. The lowest BCUT2D eigenvalue weighted by Crippen LogP contribution is -2.32. The molecule has 4 nitrogen and oxygen atoms in total.